The topological polar surface area (TPSA) is 207 Å². The number of phenols is 3. The average molecular weight is 504 g/mol. The molecule has 1 saturated heterocycles. The van der Waals surface area contributed by atoms with E-state index in [1.165, 1.54) is 49.4 Å². The first kappa shape index (κ1) is 26.5. The Hall–Kier alpha value is -4.10. The van der Waals surface area contributed by atoms with Crippen LogP contribution in [0, 0.1) is 0 Å². The number of hydrogen-bond donors (Lipinski definition) is 7. The van der Waals surface area contributed by atoms with E-state index in [0.29, 0.717) is 10.9 Å². The minimum Gasteiger partial charge on any atom is -0.504 e. The van der Waals surface area contributed by atoms with Crippen molar-refractivity contribution in [2.75, 3.05) is 0 Å². The lowest BCUT2D eigenvalue weighted by Gasteiger charge is -2.38. The highest BCUT2D eigenvalue weighted by Gasteiger charge is 2.43. The van der Waals surface area contributed by atoms with Crippen molar-refractivity contribution in [1.29, 1.82) is 0 Å². The summed E-state index contributed by atoms with van der Waals surface area (Å²) in [5, 5.41) is 66.2. The Kier molecular flexibility index (Phi) is 8.17. The molecule has 192 valence electrons. The van der Waals surface area contributed by atoms with E-state index < -0.39 is 48.1 Å². The van der Waals surface area contributed by atoms with Crippen LogP contribution in [0.5, 0.6) is 23.0 Å². The van der Waals surface area contributed by atoms with Crippen LogP contribution in [0.3, 0.4) is 0 Å². The van der Waals surface area contributed by atoms with E-state index in [1.807, 2.05) is 0 Å². The lowest BCUT2D eigenvalue weighted by Crippen LogP contribution is -2.58. The van der Waals surface area contributed by atoms with Gasteiger partial charge in [0.25, 0.3) is 0 Å². The predicted octanol–water partition coefficient (Wildman–Crippen LogP) is 0.900. The second-order valence-electron chi connectivity index (χ2n) is 7.80. The molecule has 7 N–H and O–H groups in total. The smallest absolute Gasteiger partial charge is 0.336 e. The molecule has 0 saturated carbocycles. The number of aliphatic hydroxyl groups is 3. The van der Waals surface area contributed by atoms with Crippen molar-refractivity contribution in [2.24, 2.45) is 0 Å². The van der Waals surface area contributed by atoms with E-state index in [-0.39, 0.29) is 22.8 Å². The van der Waals surface area contributed by atoms with Crippen LogP contribution in [0.15, 0.2) is 57.8 Å². The fourth-order valence-electron chi connectivity index (χ4n) is 3.24. The Bertz CT molecular complexity index is 1310. The SMILES string of the molecule is CC1OC(Oc2ccc3ccc(=O)oc3c2O)C(O)C(O)C1O.O=C(O)C=Cc1ccc(O)c(O)c1. The fraction of sp³-hybridized carbons (Fsp3) is 0.250. The number of hydrogen-bond acceptors (Lipinski definition) is 11. The third-order valence-corrected chi connectivity index (χ3v) is 5.20. The van der Waals surface area contributed by atoms with Crippen molar-refractivity contribution >= 4 is 23.0 Å². The summed E-state index contributed by atoms with van der Waals surface area (Å²) >= 11 is 0. The number of carboxylic acids is 1. The molecule has 1 aliphatic rings. The van der Waals surface area contributed by atoms with Gasteiger partial charge in [-0.15, -0.1) is 0 Å². The summed E-state index contributed by atoms with van der Waals surface area (Å²) < 4.78 is 15.6. The lowest BCUT2D eigenvalue weighted by molar-refractivity contribution is -0.268. The van der Waals surface area contributed by atoms with E-state index >= 15 is 0 Å². The highest BCUT2D eigenvalue weighted by atomic mass is 16.7. The zero-order valence-corrected chi connectivity index (χ0v) is 18.8. The van der Waals surface area contributed by atoms with Gasteiger partial charge in [-0.25, -0.2) is 9.59 Å². The minimum atomic E-state index is -1.51. The number of aliphatic hydroxyl groups excluding tert-OH is 3. The summed E-state index contributed by atoms with van der Waals surface area (Å²) in [6.45, 7) is 1.51. The minimum absolute atomic E-state index is 0.0612. The summed E-state index contributed by atoms with van der Waals surface area (Å²) in [6.07, 6.45) is -4.04. The molecule has 0 amide bonds. The van der Waals surface area contributed by atoms with E-state index in [4.69, 9.17) is 29.2 Å². The number of carboxylic acid groups (broad SMARTS) is 1. The molecule has 5 unspecified atom stereocenters. The third kappa shape index (κ3) is 6.12. The summed E-state index contributed by atoms with van der Waals surface area (Å²) in [5.41, 5.74) is -0.183. The van der Waals surface area contributed by atoms with Gasteiger partial charge in [-0.1, -0.05) is 6.07 Å². The molecular weight excluding hydrogens is 480 g/mol. The van der Waals surface area contributed by atoms with Crippen LogP contribution in [-0.4, -0.2) is 72.4 Å². The van der Waals surface area contributed by atoms with Crippen LogP contribution in [0.1, 0.15) is 12.5 Å². The van der Waals surface area contributed by atoms with E-state index in [2.05, 4.69) is 0 Å². The van der Waals surface area contributed by atoms with Crippen LogP contribution < -0.4 is 10.4 Å². The lowest BCUT2D eigenvalue weighted by atomic mass is 10.00. The van der Waals surface area contributed by atoms with Crippen LogP contribution in [0.25, 0.3) is 17.0 Å². The van der Waals surface area contributed by atoms with E-state index in [0.717, 1.165) is 6.08 Å². The van der Waals surface area contributed by atoms with Gasteiger partial charge < -0.3 is 49.6 Å². The fourth-order valence-corrected chi connectivity index (χ4v) is 3.24. The second-order valence-corrected chi connectivity index (χ2v) is 7.80. The standard InChI is InChI=1S/C15H16O8.C9H8O4/c1-6-10(17)12(19)13(20)15(21-6)22-8-4-2-7-3-5-9(16)23-14(7)11(8)18;10-7-3-1-6(5-8(7)11)2-4-9(12)13/h2-6,10,12-13,15,17-20H,1H3;1-5,10-11H,(H,12,13). The van der Waals surface area contributed by atoms with Crippen molar-refractivity contribution in [3.63, 3.8) is 0 Å². The third-order valence-electron chi connectivity index (χ3n) is 5.20. The zero-order valence-electron chi connectivity index (χ0n) is 18.8. The molecule has 0 aliphatic carbocycles. The number of benzene rings is 2. The molecule has 0 radical (unpaired) electrons. The number of fused-ring (bicyclic) bond motifs is 1. The quantitative estimate of drug-likeness (QED) is 0.150. The Labute approximate surface area is 203 Å². The molecule has 1 fully saturated rings. The summed E-state index contributed by atoms with van der Waals surface area (Å²) in [5.74, 6) is -2.08. The Morgan fingerprint density at radius 1 is 0.944 bits per heavy atom. The predicted molar refractivity (Wildman–Crippen MR) is 124 cm³/mol. The number of carbonyl (C=O) groups is 1. The first-order chi connectivity index (χ1) is 17.0. The number of aliphatic carboxylic acids is 1. The Balaban J connectivity index is 0.000000236. The largest absolute Gasteiger partial charge is 0.504 e. The molecule has 1 aromatic heterocycles. The van der Waals surface area contributed by atoms with Gasteiger partial charge in [0.1, 0.15) is 18.3 Å². The van der Waals surface area contributed by atoms with Gasteiger partial charge in [0.05, 0.1) is 6.10 Å². The summed E-state index contributed by atoms with van der Waals surface area (Å²) in [4.78, 5) is 21.4. The maximum atomic E-state index is 11.3. The van der Waals surface area contributed by atoms with Gasteiger partial charge in [0.2, 0.25) is 12.0 Å². The monoisotopic (exact) mass is 504 g/mol. The van der Waals surface area contributed by atoms with Crippen LogP contribution in [-0.2, 0) is 9.53 Å². The molecule has 2 heterocycles. The van der Waals surface area contributed by atoms with Gasteiger partial charge >= 0.3 is 11.6 Å². The molecule has 0 spiro atoms. The number of aromatic hydroxyl groups is 3. The van der Waals surface area contributed by atoms with Gasteiger partial charge in [0.15, 0.2) is 22.8 Å². The zero-order chi connectivity index (χ0) is 26.6. The Morgan fingerprint density at radius 3 is 2.31 bits per heavy atom. The highest BCUT2D eigenvalue weighted by molar-refractivity contribution is 5.85. The number of phenolic OH excluding ortho intramolecular Hbond substituents is 3. The molecule has 3 aromatic rings. The average Bonchev–Trinajstić information content (AvgIpc) is 2.84. The van der Waals surface area contributed by atoms with Gasteiger partial charge in [-0.2, -0.15) is 0 Å². The molecule has 0 bridgehead atoms. The molecule has 5 atom stereocenters. The molecule has 2 aromatic carbocycles. The van der Waals surface area contributed by atoms with Crippen molar-refractivity contribution in [1.82, 2.24) is 0 Å². The molecule has 12 nitrogen and oxygen atoms in total. The van der Waals surface area contributed by atoms with Gasteiger partial charge in [0, 0.05) is 17.5 Å². The number of rotatable bonds is 4. The summed E-state index contributed by atoms with van der Waals surface area (Å²) in [7, 11) is 0. The van der Waals surface area contributed by atoms with Crippen LogP contribution >= 0.6 is 0 Å². The Morgan fingerprint density at radius 2 is 1.64 bits per heavy atom. The van der Waals surface area contributed by atoms with Crippen molar-refractivity contribution in [3.05, 3.63) is 64.5 Å². The normalized spacial score (nSPS) is 23.7. The maximum absolute atomic E-state index is 11.3. The summed E-state index contributed by atoms with van der Waals surface area (Å²) in [6, 6.07) is 9.72. The van der Waals surface area contributed by atoms with Gasteiger partial charge in [-0.05, 0) is 48.9 Å². The maximum Gasteiger partial charge on any atom is 0.336 e. The number of ether oxygens (including phenoxy) is 2. The van der Waals surface area contributed by atoms with Crippen molar-refractivity contribution in [2.45, 2.75) is 37.6 Å². The second kappa shape index (κ2) is 11.1. The molecule has 1 aliphatic heterocycles. The van der Waals surface area contributed by atoms with E-state index in [1.54, 1.807) is 6.07 Å². The van der Waals surface area contributed by atoms with Crippen molar-refractivity contribution < 1.29 is 54.4 Å². The molecular formula is C24H24O12. The van der Waals surface area contributed by atoms with Crippen molar-refractivity contribution in [3.8, 4) is 23.0 Å². The van der Waals surface area contributed by atoms with Crippen LogP contribution in [0.4, 0.5) is 0 Å². The first-order valence-corrected chi connectivity index (χ1v) is 10.5. The molecule has 36 heavy (non-hydrogen) atoms. The van der Waals surface area contributed by atoms with Gasteiger partial charge in [-0.3, -0.25) is 0 Å². The first-order valence-electron chi connectivity index (χ1n) is 10.5. The van der Waals surface area contributed by atoms with E-state index in [9.17, 15) is 30.0 Å². The molecule has 12 heteroatoms. The van der Waals surface area contributed by atoms with Crippen LogP contribution in [0.2, 0.25) is 0 Å². The highest BCUT2D eigenvalue weighted by Crippen LogP contribution is 2.35. The molecule has 4 rings (SSSR count).